The maximum absolute atomic E-state index is 12.5. The van der Waals surface area contributed by atoms with Gasteiger partial charge in [-0.05, 0) is 43.0 Å². The highest BCUT2D eigenvalue weighted by Gasteiger charge is 2.15. The first-order valence-corrected chi connectivity index (χ1v) is 9.08. The molecule has 1 N–H and O–H groups in total. The van der Waals surface area contributed by atoms with Crippen molar-refractivity contribution >= 4 is 17.5 Å². The van der Waals surface area contributed by atoms with E-state index in [4.69, 9.17) is 11.6 Å². The summed E-state index contributed by atoms with van der Waals surface area (Å²) in [5, 5.41) is 7.97. The van der Waals surface area contributed by atoms with Gasteiger partial charge in [0.25, 0.3) is 5.91 Å². The summed E-state index contributed by atoms with van der Waals surface area (Å²) in [5.74, 6) is 0.294. The van der Waals surface area contributed by atoms with E-state index in [1.54, 1.807) is 10.9 Å². The van der Waals surface area contributed by atoms with Crippen LogP contribution < -0.4 is 5.32 Å². The molecule has 0 spiro atoms. The van der Waals surface area contributed by atoms with E-state index in [9.17, 15) is 4.79 Å². The predicted octanol–water partition coefficient (Wildman–Crippen LogP) is 4.76. The highest BCUT2D eigenvalue weighted by molar-refractivity contribution is 6.30. The molecule has 4 nitrogen and oxygen atoms in total. The molecule has 0 aliphatic heterocycles. The Labute approximate surface area is 158 Å². The Morgan fingerprint density at radius 1 is 1.19 bits per heavy atom. The number of aromatic nitrogens is 2. The molecule has 2 aromatic carbocycles. The number of hydrogen-bond donors (Lipinski definition) is 1. The van der Waals surface area contributed by atoms with E-state index in [1.165, 1.54) is 5.56 Å². The van der Waals surface area contributed by atoms with Crippen molar-refractivity contribution in [1.29, 1.82) is 0 Å². The molecule has 3 aromatic rings. The third-order valence-corrected chi connectivity index (χ3v) is 4.77. The molecule has 0 saturated heterocycles. The molecule has 1 atom stereocenters. The fourth-order valence-electron chi connectivity index (χ4n) is 2.95. The Morgan fingerprint density at radius 3 is 2.69 bits per heavy atom. The van der Waals surface area contributed by atoms with Gasteiger partial charge in [0.1, 0.15) is 0 Å². The van der Waals surface area contributed by atoms with Gasteiger partial charge in [-0.25, -0.2) is 4.68 Å². The van der Waals surface area contributed by atoms with E-state index in [-0.39, 0.29) is 5.91 Å². The van der Waals surface area contributed by atoms with Gasteiger partial charge in [-0.2, -0.15) is 5.10 Å². The number of benzene rings is 2. The van der Waals surface area contributed by atoms with Gasteiger partial charge in [-0.15, -0.1) is 0 Å². The van der Waals surface area contributed by atoms with Crippen LogP contribution in [0, 0.1) is 6.92 Å². The largest absolute Gasteiger partial charge is 0.352 e. The van der Waals surface area contributed by atoms with E-state index in [2.05, 4.69) is 29.5 Å². The van der Waals surface area contributed by atoms with Crippen molar-refractivity contribution in [2.24, 2.45) is 0 Å². The SMILES string of the molecule is Cc1c(C(=O)NCCC(C)c2ccccc2)cnn1-c1cccc(Cl)c1. The summed E-state index contributed by atoms with van der Waals surface area (Å²) < 4.78 is 1.73. The van der Waals surface area contributed by atoms with Crippen LogP contribution in [-0.4, -0.2) is 22.2 Å². The number of hydrogen-bond acceptors (Lipinski definition) is 2. The fraction of sp³-hybridized carbons (Fsp3) is 0.238. The molecule has 1 unspecified atom stereocenters. The van der Waals surface area contributed by atoms with Crippen LogP contribution in [-0.2, 0) is 0 Å². The maximum atomic E-state index is 12.5. The molecular formula is C21H22ClN3O. The third kappa shape index (κ3) is 4.14. The first kappa shape index (κ1) is 18.2. The summed E-state index contributed by atoms with van der Waals surface area (Å²) in [7, 11) is 0. The van der Waals surface area contributed by atoms with E-state index in [0.29, 0.717) is 23.0 Å². The van der Waals surface area contributed by atoms with Crippen LogP contribution >= 0.6 is 11.6 Å². The summed E-state index contributed by atoms with van der Waals surface area (Å²) in [6.45, 7) is 4.68. The molecule has 0 aliphatic rings. The molecule has 3 rings (SSSR count). The maximum Gasteiger partial charge on any atom is 0.254 e. The van der Waals surface area contributed by atoms with Crippen LogP contribution in [0.2, 0.25) is 5.02 Å². The summed E-state index contributed by atoms with van der Waals surface area (Å²) >= 11 is 6.04. The molecule has 0 radical (unpaired) electrons. The van der Waals surface area contributed by atoms with Gasteiger partial charge in [0.2, 0.25) is 0 Å². The molecule has 134 valence electrons. The van der Waals surface area contributed by atoms with Crippen molar-refractivity contribution in [3.05, 3.63) is 82.6 Å². The Balaban J connectivity index is 1.62. The lowest BCUT2D eigenvalue weighted by Crippen LogP contribution is -2.25. The molecule has 5 heteroatoms. The molecule has 0 aliphatic carbocycles. The van der Waals surface area contributed by atoms with Gasteiger partial charge in [-0.1, -0.05) is 54.9 Å². The number of halogens is 1. The van der Waals surface area contributed by atoms with Crippen molar-refractivity contribution < 1.29 is 4.79 Å². The van der Waals surface area contributed by atoms with E-state index in [1.807, 2.05) is 49.4 Å². The predicted molar refractivity (Wildman–Crippen MR) is 105 cm³/mol. The smallest absolute Gasteiger partial charge is 0.254 e. The van der Waals surface area contributed by atoms with Crippen LogP contribution in [0.25, 0.3) is 5.69 Å². The summed E-state index contributed by atoms with van der Waals surface area (Å²) in [4.78, 5) is 12.5. The monoisotopic (exact) mass is 367 g/mol. The Morgan fingerprint density at radius 2 is 1.96 bits per heavy atom. The second-order valence-electron chi connectivity index (χ2n) is 6.39. The van der Waals surface area contributed by atoms with Gasteiger partial charge < -0.3 is 5.32 Å². The van der Waals surface area contributed by atoms with E-state index < -0.39 is 0 Å². The first-order valence-electron chi connectivity index (χ1n) is 8.70. The molecule has 0 bridgehead atoms. The summed E-state index contributed by atoms with van der Waals surface area (Å²) in [6, 6.07) is 17.7. The quantitative estimate of drug-likeness (QED) is 0.682. The minimum atomic E-state index is -0.101. The molecule has 0 fully saturated rings. The minimum Gasteiger partial charge on any atom is -0.352 e. The normalized spacial score (nSPS) is 12.0. The topological polar surface area (TPSA) is 46.9 Å². The lowest BCUT2D eigenvalue weighted by Gasteiger charge is -2.12. The van der Waals surface area contributed by atoms with Gasteiger partial charge in [-0.3, -0.25) is 4.79 Å². The number of nitrogens with one attached hydrogen (secondary N) is 1. The molecule has 0 saturated carbocycles. The number of carbonyl (C=O) groups is 1. The van der Waals surface area contributed by atoms with Crippen LogP contribution in [0.5, 0.6) is 0 Å². The minimum absolute atomic E-state index is 0.101. The summed E-state index contributed by atoms with van der Waals surface area (Å²) in [6.07, 6.45) is 2.49. The van der Waals surface area contributed by atoms with Crippen LogP contribution in [0.15, 0.2) is 60.8 Å². The highest BCUT2D eigenvalue weighted by atomic mass is 35.5. The van der Waals surface area contributed by atoms with E-state index >= 15 is 0 Å². The zero-order valence-electron chi connectivity index (χ0n) is 14.9. The second kappa shape index (κ2) is 8.19. The van der Waals surface area contributed by atoms with Crippen LogP contribution in [0.3, 0.4) is 0 Å². The number of rotatable bonds is 6. The lowest BCUT2D eigenvalue weighted by atomic mass is 9.98. The first-order chi connectivity index (χ1) is 12.6. The average Bonchev–Trinajstić information content (AvgIpc) is 3.04. The van der Waals surface area contributed by atoms with Gasteiger partial charge in [0.15, 0.2) is 0 Å². The number of carbonyl (C=O) groups excluding carboxylic acids is 1. The van der Waals surface area contributed by atoms with Crippen molar-refractivity contribution in [3.63, 3.8) is 0 Å². The number of amides is 1. The van der Waals surface area contributed by atoms with E-state index in [0.717, 1.165) is 17.8 Å². The zero-order valence-corrected chi connectivity index (χ0v) is 15.7. The Hall–Kier alpha value is -2.59. The lowest BCUT2D eigenvalue weighted by molar-refractivity contribution is 0.0952. The zero-order chi connectivity index (χ0) is 18.5. The second-order valence-corrected chi connectivity index (χ2v) is 6.83. The van der Waals surface area contributed by atoms with Crippen molar-refractivity contribution in [3.8, 4) is 5.69 Å². The molecule has 1 aromatic heterocycles. The highest BCUT2D eigenvalue weighted by Crippen LogP contribution is 2.19. The fourth-order valence-corrected chi connectivity index (χ4v) is 3.13. The van der Waals surface area contributed by atoms with Gasteiger partial charge in [0, 0.05) is 11.6 Å². The Bertz CT molecular complexity index is 889. The molecule has 1 amide bonds. The molecular weight excluding hydrogens is 346 g/mol. The van der Waals surface area contributed by atoms with Gasteiger partial charge in [0.05, 0.1) is 23.1 Å². The third-order valence-electron chi connectivity index (χ3n) is 4.54. The van der Waals surface area contributed by atoms with Crippen LogP contribution in [0.4, 0.5) is 0 Å². The molecule has 1 heterocycles. The standard InChI is InChI=1S/C21H22ClN3O/c1-15(17-7-4-3-5-8-17)11-12-23-21(26)20-14-24-25(16(20)2)19-10-6-9-18(22)13-19/h3-10,13-15H,11-12H2,1-2H3,(H,23,26). The van der Waals surface area contributed by atoms with Crippen molar-refractivity contribution in [2.45, 2.75) is 26.2 Å². The van der Waals surface area contributed by atoms with Gasteiger partial charge >= 0.3 is 0 Å². The average molecular weight is 368 g/mol. The number of nitrogens with zero attached hydrogens (tertiary/aromatic N) is 2. The van der Waals surface area contributed by atoms with Crippen LogP contribution in [0.1, 0.15) is 40.9 Å². The van der Waals surface area contributed by atoms with Crippen molar-refractivity contribution in [2.75, 3.05) is 6.54 Å². The van der Waals surface area contributed by atoms with Crippen molar-refractivity contribution in [1.82, 2.24) is 15.1 Å². The summed E-state index contributed by atoms with van der Waals surface area (Å²) in [5.41, 5.74) is 3.50. The Kier molecular flexibility index (Phi) is 5.74. The molecule has 26 heavy (non-hydrogen) atoms.